The Morgan fingerprint density at radius 1 is 1.14 bits per heavy atom. The average Bonchev–Trinajstić information content (AvgIpc) is 3.13. The molecule has 1 aromatic carbocycles. The van der Waals surface area contributed by atoms with Crippen LogP contribution in [0.2, 0.25) is 0 Å². The Labute approximate surface area is 187 Å². The lowest BCUT2D eigenvalue weighted by Gasteiger charge is -2.19. The highest BCUT2D eigenvalue weighted by Crippen LogP contribution is 2.11. The first-order chi connectivity index (χ1) is 13.5. The summed E-state index contributed by atoms with van der Waals surface area (Å²) < 4.78 is 1.90. The third-order valence-corrected chi connectivity index (χ3v) is 4.32. The van der Waals surface area contributed by atoms with E-state index in [2.05, 4.69) is 25.8 Å². The van der Waals surface area contributed by atoms with E-state index in [0.717, 1.165) is 17.0 Å². The minimum Gasteiger partial charge on any atom is -0.350 e. The van der Waals surface area contributed by atoms with Crippen LogP contribution in [0.1, 0.15) is 24.4 Å². The van der Waals surface area contributed by atoms with Gasteiger partial charge in [-0.1, -0.05) is 36.4 Å². The van der Waals surface area contributed by atoms with Crippen molar-refractivity contribution in [3.8, 4) is 0 Å². The molecule has 2 aromatic heterocycles. The Bertz CT molecular complexity index is 956. The molecule has 2 N–H and O–H groups in total. The van der Waals surface area contributed by atoms with Crippen LogP contribution in [0.15, 0.2) is 59.7 Å². The third kappa shape index (κ3) is 6.14. The average molecular weight is 507 g/mol. The van der Waals surface area contributed by atoms with E-state index in [9.17, 15) is 4.79 Å². The van der Waals surface area contributed by atoms with Crippen molar-refractivity contribution >= 4 is 41.5 Å². The third-order valence-electron chi connectivity index (χ3n) is 4.32. The molecule has 0 saturated heterocycles. The number of guanidine groups is 1. The number of aromatic nitrogens is 3. The van der Waals surface area contributed by atoms with Crippen LogP contribution in [0, 0.1) is 0 Å². The highest BCUT2D eigenvalue weighted by molar-refractivity contribution is 14.0. The number of hydrogen-bond acceptors (Lipinski definition) is 4. The second kappa shape index (κ2) is 10.7. The molecule has 0 saturated carbocycles. The Morgan fingerprint density at radius 3 is 2.59 bits per heavy atom. The standard InChI is InChI=1S/C20H25N7O.HI/c1-15(16-9-5-4-6-10-16)23-20(22-14-19(28)26(2)3)21-13-18-25-24-17-11-7-8-12-27(17)18;/h4-12,15H,13-14H2,1-3H3,(H2,21,22,23);1H. The molecule has 154 valence electrons. The lowest BCUT2D eigenvalue weighted by Crippen LogP contribution is -2.43. The molecule has 3 aromatic rings. The Morgan fingerprint density at radius 2 is 1.86 bits per heavy atom. The van der Waals surface area contributed by atoms with Gasteiger partial charge < -0.3 is 15.5 Å². The van der Waals surface area contributed by atoms with E-state index in [1.165, 1.54) is 4.90 Å². The van der Waals surface area contributed by atoms with E-state index < -0.39 is 0 Å². The number of benzene rings is 1. The Balaban J connectivity index is 0.00000300. The van der Waals surface area contributed by atoms with E-state index in [1.54, 1.807) is 14.1 Å². The van der Waals surface area contributed by atoms with Crippen molar-refractivity contribution in [1.29, 1.82) is 0 Å². The number of halogens is 1. The number of carbonyl (C=O) groups excluding carboxylic acids is 1. The molecule has 8 nitrogen and oxygen atoms in total. The SMILES string of the molecule is CC(NC(=NCc1nnc2ccccn12)NCC(=O)N(C)C)c1ccccc1.I. The molecule has 3 rings (SSSR count). The molecule has 1 unspecified atom stereocenters. The summed E-state index contributed by atoms with van der Waals surface area (Å²) in [4.78, 5) is 18.1. The van der Waals surface area contributed by atoms with Crippen LogP contribution in [0.25, 0.3) is 5.65 Å². The molecule has 0 fully saturated rings. The molecular formula is C20H26IN7O. The summed E-state index contributed by atoms with van der Waals surface area (Å²) in [6.07, 6.45) is 1.91. The summed E-state index contributed by atoms with van der Waals surface area (Å²) in [7, 11) is 3.45. The van der Waals surface area contributed by atoms with Crippen LogP contribution < -0.4 is 10.6 Å². The maximum atomic E-state index is 12.0. The lowest BCUT2D eigenvalue weighted by atomic mass is 10.1. The van der Waals surface area contributed by atoms with Crippen LogP contribution in [-0.2, 0) is 11.3 Å². The minimum absolute atomic E-state index is 0. The molecule has 0 radical (unpaired) electrons. The number of amides is 1. The van der Waals surface area contributed by atoms with E-state index in [4.69, 9.17) is 0 Å². The molecule has 29 heavy (non-hydrogen) atoms. The van der Waals surface area contributed by atoms with Gasteiger partial charge in [-0.05, 0) is 24.6 Å². The van der Waals surface area contributed by atoms with Gasteiger partial charge in [0.1, 0.15) is 6.54 Å². The van der Waals surface area contributed by atoms with Crippen molar-refractivity contribution in [3.63, 3.8) is 0 Å². The second-order valence-corrected chi connectivity index (χ2v) is 6.63. The van der Waals surface area contributed by atoms with Gasteiger partial charge in [0.25, 0.3) is 0 Å². The zero-order valence-corrected chi connectivity index (χ0v) is 19.1. The number of aliphatic imine (C=N–C) groups is 1. The van der Waals surface area contributed by atoms with Gasteiger partial charge >= 0.3 is 0 Å². The first-order valence-electron chi connectivity index (χ1n) is 9.13. The normalized spacial score (nSPS) is 12.2. The molecule has 0 aliphatic rings. The van der Waals surface area contributed by atoms with E-state index in [-0.39, 0.29) is 42.5 Å². The number of carbonyl (C=O) groups is 1. The number of hydrogen-bond donors (Lipinski definition) is 2. The van der Waals surface area contributed by atoms with Gasteiger partial charge in [0.2, 0.25) is 5.91 Å². The zero-order valence-electron chi connectivity index (χ0n) is 16.7. The molecule has 2 heterocycles. The number of nitrogens with zero attached hydrogens (tertiary/aromatic N) is 5. The summed E-state index contributed by atoms with van der Waals surface area (Å²) in [6.45, 7) is 2.53. The van der Waals surface area contributed by atoms with Gasteiger partial charge in [-0.2, -0.15) is 0 Å². The lowest BCUT2D eigenvalue weighted by molar-refractivity contribution is -0.127. The Kier molecular flexibility index (Phi) is 8.37. The summed E-state index contributed by atoms with van der Waals surface area (Å²) in [5.41, 5.74) is 1.90. The number of fused-ring (bicyclic) bond motifs is 1. The van der Waals surface area contributed by atoms with Gasteiger partial charge in [-0.15, -0.1) is 34.2 Å². The van der Waals surface area contributed by atoms with Crippen LogP contribution in [0.5, 0.6) is 0 Å². The predicted octanol–water partition coefficient (Wildman–Crippen LogP) is 2.23. The molecule has 1 amide bonds. The van der Waals surface area contributed by atoms with Crippen molar-refractivity contribution in [2.24, 2.45) is 4.99 Å². The second-order valence-electron chi connectivity index (χ2n) is 6.63. The van der Waals surface area contributed by atoms with Gasteiger partial charge in [-0.25, -0.2) is 4.99 Å². The number of rotatable bonds is 6. The molecule has 0 spiro atoms. The van der Waals surface area contributed by atoms with Crippen molar-refractivity contribution in [2.45, 2.75) is 19.5 Å². The minimum atomic E-state index is -0.0326. The van der Waals surface area contributed by atoms with Crippen LogP contribution in [0.4, 0.5) is 0 Å². The molecule has 9 heteroatoms. The van der Waals surface area contributed by atoms with Crippen molar-refractivity contribution in [2.75, 3.05) is 20.6 Å². The maximum absolute atomic E-state index is 12.0. The monoisotopic (exact) mass is 507 g/mol. The quantitative estimate of drug-likeness (QED) is 0.304. The largest absolute Gasteiger partial charge is 0.350 e. The highest BCUT2D eigenvalue weighted by Gasteiger charge is 2.11. The number of pyridine rings is 1. The topological polar surface area (TPSA) is 86.9 Å². The fourth-order valence-electron chi connectivity index (χ4n) is 2.65. The molecule has 0 aliphatic carbocycles. The van der Waals surface area contributed by atoms with Gasteiger partial charge in [0.05, 0.1) is 12.6 Å². The smallest absolute Gasteiger partial charge is 0.241 e. The van der Waals surface area contributed by atoms with Crippen molar-refractivity contribution < 1.29 is 4.79 Å². The molecule has 1 atom stereocenters. The summed E-state index contributed by atoms with van der Waals surface area (Å²) in [5.74, 6) is 1.23. The van der Waals surface area contributed by atoms with Crippen molar-refractivity contribution in [3.05, 3.63) is 66.1 Å². The number of likely N-dealkylation sites (N-methyl/N-ethyl adjacent to an activating group) is 1. The van der Waals surface area contributed by atoms with Crippen LogP contribution in [-0.4, -0.2) is 52.0 Å². The van der Waals surface area contributed by atoms with Crippen LogP contribution >= 0.6 is 24.0 Å². The summed E-state index contributed by atoms with van der Waals surface area (Å²) >= 11 is 0. The Hall–Kier alpha value is -2.69. The van der Waals surface area contributed by atoms with Gasteiger partial charge in [-0.3, -0.25) is 9.20 Å². The van der Waals surface area contributed by atoms with Crippen LogP contribution in [0.3, 0.4) is 0 Å². The summed E-state index contributed by atoms with van der Waals surface area (Å²) in [5, 5.41) is 14.8. The van der Waals surface area contributed by atoms with Crippen molar-refractivity contribution in [1.82, 2.24) is 30.1 Å². The zero-order chi connectivity index (χ0) is 19.9. The van der Waals surface area contributed by atoms with E-state index in [0.29, 0.717) is 12.5 Å². The molecule has 0 aliphatic heterocycles. The van der Waals surface area contributed by atoms with Gasteiger partial charge in [0.15, 0.2) is 17.4 Å². The first-order valence-corrected chi connectivity index (χ1v) is 9.13. The fraction of sp³-hybridized carbons (Fsp3) is 0.300. The predicted molar refractivity (Wildman–Crippen MR) is 124 cm³/mol. The summed E-state index contributed by atoms with van der Waals surface area (Å²) in [6, 6.07) is 15.8. The van der Waals surface area contributed by atoms with E-state index in [1.807, 2.05) is 66.1 Å². The fourth-order valence-corrected chi connectivity index (χ4v) is 2.65. The van der Waals surface area contributed by atoms with E-state index >= 15 is 0 Å². The number of nitrogens with one attached hydrogen (secondary N) is 2. The van der Waals surface area contributed by atoms with Gasteiger partial charge in [0, 0.05) is 20.3 Å². The molecular weight excluding hydrogens is 481 g/mol. The molecule has 0 bridgehead atoms. The highest BCUT2D eigenvalue weighted by atomic mass is 127. The maximum Gasteiger partial charge on any atom is 0.241 e. The first kappa shape index (κ1) is 22.6.